The maximum Gasteiger partial charge on any atom is 0.257 e. The van der Waals surface area contributed by atoms with Gasteiger partial charge in [0.25, 0.3) is 5.91 Å². The van der Waals surface area contributed by atoms with Crippen LogP contribution >= 0.6 is 63.0 Å². The van der Waals surface area contributed by atoms with Crippen molar-refractivity contribution in [2.75, 3.05) is 12.4 Å². The maximum atomic E-state index is 12.5. The lowest BCUT2D eigenvalue weighted by Crippen LogP contribution is -2.34. The highest BCUT2D eigenvalue weighted by atomic mass is 79.9. The molecule has 0 saturated carbocycles. The summed E-state index contributed by atoms with van der Waals surface area (Å²) in [4.78, 5) is 17.1. The van der Waals surface area contributed by atoms with Crippen molar-refractivity contribution >= 4 is 90.8 Å². The Kier molecular flexibility index (Phi) is 7.11. The number of oxazole rings is 1. The van der Waals surface area contributed by atoms with Gasteiger partial charge in [0.1, 0.15) is 5.52 Å². The van der Waals surface area contributed by atoms with Crippen LogP contribution in [0.25, 0.3) is 22.6 Å². The Morgan fingerprint density at radius 1 is 1.06 bits per heavy atom. The molecule has 0 aliphatic rings. The Labute approximate surface area is 217 Å². The number of nitrogens with zero attached hydrogens (tertiary/aromatic N) is 1. The molecule has 33 heavy (non-hydrogen) atoms. The average Bonchev–Trinajstić information content (AvgIpc) is 3.18. The highest BCUT2D eigenvalue weighted by molar-refractivity contribution is 9.10. The van der Waals surface area contributed by atoms with Gasteiger partial charge in [0.15, 0.2) is 16.4 Å². The lowest BCUT2D eigenvalue weighted by molar-refractivity contribution is 0.0977. The van der Waals surface area contributed by atoms with Gasteiger partial charge < -0.3 is 14.5 Å². The van der Waals surface area contributed by atoms with Crippen molar-refractivity contribution in [3.8, 4) is 17.2 Å². The van der Waals surface area contributed by atoms with E-state index < -0.39 is 5.91 Å². The molecule has 1 amide bonds. The van der Waals surface area contributed by atoms with Gasteiger partial charge in [-0.3, -0.25) is 10.1 Å². The molecule has 0 spiro atoms. The summed E-state index contributed by atoms with van der Waals surface area (Å²) in [5.74, 6) is 0.200. The van der Waals surface area contributed by atoms with Gasteiger partial charge in [-0.1, -0.05) is 50.7 Å². The van der Waals surface area contributed by atoms with E-state index in [1.165, 1.54) is 19.2 Å². The molecule has 3 aromatic carbocycles. The summed E-state index contributed by atoms with van der Waals surface area (Å²) < 4.78 is 11.8. The first-order valence-corrected chi connectivity index (χ1v) is 11.6. The number of amides is 1. The van der Waals surface area contributed by atoms with E-state index in [9.17, 15) is 4.79 Å². The zero-order valence-corrected chi connectivity index (χ0v) is 21.4. The molecule has 0 saturated heterocycles. The molecule has 2 N–H and O–H groups in total. The Morgan fingerprint density at radius 2 is 1.79 bits per heavy atom. The number of hydrogen-bond acceptors (Lipinski definition) is 5. The van der Waals surface area contributed by atoms with Gasteiger partial charge in [0.05, 0.1) is 27.7 Å². The number of ether oxygens (including phenoxy) is 1. The van der Waals surface area contributed by atoms with Crippen LogP contribution in [-0.4, -0.2) is 23.1 Å². The topological polar surface area (TPSA) is 76.4 Å². The zero-order valence-electron chi connectivity index (χ0n) is 16.7. The number of nitrogens with one attached hydrogen (secondary N) is 2. The predicted molar refractivity (Wildman–Crippen MR) is 139 cm³/mol. The van der Waals surface area contributed by atoms with Crippen LogP contribution in [-0.2, 0) is 0 Å². The molecule has 11 heteroatoms. The lowest BCUT2D eigenvalue weighted by Gasteiger charge is -2.11. The number of halogens is 4. The Bertz CT molecular complexity index is 1390. The summed E-state index contributed by atoms with van der Waals surface area (Å²) in [6.07, 6.45) is 0. The molecule has 0 unspecified atom stereocenters. The van der Waals surface area contributed by atoms with Crippen LogP contribution in [0.2, 0.25) is 15.1 Å². The summed E-state index contributed by atoms with van der Waals surface area (Å²) in [7, 11) is 1.44. The number of aromatic nitrogens is 1. The lowest BCUT2D eigenvalue weighted by atomic mass is 10.2. The zero-order chi connectivity index (χ0) is 23.7. The number of thiocarbonyl (C=S) groups is 1. The summed E-state index contributed by atoms with van der Waals surface area (Å²) >= 11 is 27.2. The van der Waals surface area contributed by atoms with E-state index in [1.807, 2.05) is 12.1 Å². The van der Waals surface area contributed by atoms with Gasteiger partial charge in [0.2, 0.25) is 5.89 Å². The van der Waals surface area contributed by atoms with Crippen molar-refractivity contribution in [3.63, 3.8) is 0 Å². The minimum Gasteiger partial charge on any atom is -0.494 e. The van der Waals surface area contributed by atoms with E-state index in [1.54, 1.807) is 24.3 Å². The Hall–Kier alpha value is -2.36. The van der Waals surface area contributed by atoms with Gasteiger partial charge in [-0.2, -0.15) is 0 Å². The van der Waals surface area contributed by atoms with Gasteiger partial charge in [-0.15, -0.1) is 0 Å². The van der Waals surface area contributed by atoms with E-state index in [0.717, 1.165) is 4.47 Å². The van der Waals surface area contributed by atoms with Crippen LogP contribution in [0.4, 0.5) is 5.69 Å². The highest BCUT2D eigenvalue weighted by Gasteiger charge is 2.16. The van der Waals surface area contributed by atoms with Crippen molar-refractivity contribution in [2.24, 2.45) is 0 Å². The molecule has 0 fully saturated rings. The standard InChI is InChI=1S/C22H13BrCl3N3O3S/c1-31-19-15(25)6-10(7-16(19)26)20(30)29-22(33)27-12-3-5-18-17(9-12)28-21(32-18)13-8-11(23)2-4-14(13)24/h2-9H,1H3,(H2,27,29,30,33). The van der Waals surface area contributed by atoms with Crippen LogP contribution in [0.3, 0.4) is 0 Å². The fourth-order valence-corrected chi connectivity index (χ4v) is 4.42. The van der Waals surface area contributed by atoms with Crippen molar-refractivity contribution in [2.45, 2.75) is 0 Å². The molecule has 0 radical (unpaired) electrons. The van der Waals surface area contributed by atoms with Gasteiger partial charge in [0, 0.05) is 15.7 Å². The fourth-order valence-electron chi connectivity index (χ4n) is 3.01. The van der Waals surface area contributed by atoms with E-state index in [2.05, 4.69) is 31.5 Å². The molecular weight excluding hydrogens is 573 g/mol. The van der Waals surface area contributed by atoms with Crippen LogP contribution in [0.15, 0.2) is 57.4 Å². The number of methoxy groups -OCH3 is 1. The van der Waals surface area contributed by atoms with Gasteiger partial charge in [-0.25, -0.2) is 4.98 Å². The molecule has 4 aromatic rings. The van der Waals surface area contributed by atoms with Crippen LogP contribution in [0.5, 0.6) is 5.75 Å². The number of rotatable bonds is 4. The second-order valence-corrected chi connectivity index (χ2v) is 9.25. The molecule has 0 atom stereocenters. The minimum absolute atomic E-state index is 0.0844. The first-order chi connectivity index (χ1) is 15.7. The summed E-state index contributed by atoms with van der Waals surface area (Å²) in [6.45, 7) is 0. The fraction of sp³-hybridized carbons (Fsp3) is 0.0455. The van der Waals surface area contributed by atoms with Crippen molar-refractivity contribution in [3.05, 3.63) is 73.6 Å². The second kappa shape index (κ2) is 9.87. The molecule has 0 aliphatic heterocycles. The summed E-state index contributed by atoms with van der Waals surface area (Å²) in [5.41, 5.74) is 2.67. The van der Waals surface area contributed by atoms with E-state index in [4.69, 9.17) is 56.2 Å². The molecule has 1 aromatic heterocycles. The number of benzene rings is 3. The van der Waals surface area contributed by atoms with Crippen LogP contribution < -0.4 is 15.4 Å². The Morgan fingerprint density at radius 3 is 2.48 bits per heavy atom. The molecule has 0 bridgehead atoms. The molecule has 4 rings (SSSR count). The number of fused-ring (bicyclic) bond motifs is 1. The predicted octanol–water partition coefficient (Wildman–Crippen LogP) is 7.35. The second-order valence-electron chi connectivity index (χ2n) is 6.71. The van der Waals surface area contributed by atoms with Crippen LogP contribution in [0, 0.1) is 0 Å². The third-order valence-corrected chi connectivity index (χ3v) is 6.08. The first kappa shape index (κ1) is 23.8. The molecular formula is C22H13BrCl3N3O3S. The number of carbonyl (C=O) groups excluding carboxylic acids is 1. The first-order valence-electron chi connectivity index (χ1n) is 9.26. The average molecular weight is 586 g/mol. The van der Waals surface area contributed by atoms with E-state index >= 15 is 0 Å². The summed E-state index contributed by atoms with van der Waals surface area (Å²) in [6, 6.07) is 13.5. The molecule has 168 valence electrons. The summed E-state index contributed by atoms with van der Waals surface area (Å²) in [5, 5.41) is 6.57. The van der Waals surface area contributed by atoms with Gasteiger partial charge >= 0.3 is 0 Å². The van der Waals surface area contributed by atoms with E-state index in [-0.39, 0.29) is 20.7 Å². The molecule has 0 aliphatic carbocycles. The normalized spacial score (nSPS) is 10.8. The number of hydrogen-bond donors (Lipinski definition) is 2. The maximum absolute atomic E-state index is 12.5. The monoisotopic (exact) mass is 583 g/mol. The van der Waals surface area contributed by atoms with E-state index in [0.29, 0.717) is 39.0 Å². The molecule has 6 nitrogen and oxygen atoms in total. The van der Waals surface area contributed by atoms with Crippen LogP contribution in [0.1, 0.15) is 10.4 Å². The van der Waals surface area contributed by atoms with Crippen molar-refractivity contribution < 1.29 is 13.9 Å². The molecule has 1 heterocycles. The third kappa shape index (κ3) is 5.26. The SMILES string of the molecule is COc1c(Cl)cc(C(=O)NC(=S)Nc2ccc3oc(-c4cc(Br)ccc4Cl)nc3c2)cc1Cl. The number of carbonyl (C=O) groups is 1. The van der Waals surface area contributed by atoms with Crippen molar-refractivity contribution in [1.82, 2.24) is 10.3 Å². The largest absolute Gasteiger partial charge is 0.494 e. The highest BCUT2D eigenvalue weighted by Crippen LogP contribution is 2.34. The Balaban J connectivity index is 1.50. The third-order valence-electron chi connectivity index (χ3n) is 4.50. The van der Waals surface area contributed by atoms with Crippen molar-refractivity contribution in [1.29, 1.82) is 0 Å². The smallest absolute Gasteiger partial charge is 0.257 e. The van der Waals surface area contributed by atoms with Gasteiger partial charge in [-0.05, 0) is 60.7 Å². The number of anilines is 1. The quantitative estimate of drug-likeness (QED) is 0.244. The minimum atomic E-state index is -0.479.